The van der Waals surface area contributed by atoms with Crippen molar-refractivity contribution in [2.24, 2.45) is 5.11 Å². The van der Waals surface area contributed by atoms with Gasteiger partial charge < -0.3 is 0 Å². The average Bonchev–Trinajstić information content (AvgIpc) is 2.08. The number of hydrogen-bond donors (Lipinski definition) is 0. The Morgan fingerprint density at radius 3 is 2.85 bits per heavy atom. The molecule has 1 rings (SSSR count). The molecule has 0 saturated carbocycles. The molecule has 0 aromatic heterocycles. The van der Waals surface area contributed by atoms with Crippen molar-refractivity contribution in [3.05, 3.63) is 39.8 Å². The van der Waals surface area contributed by atoms with E-state index in [2.05, 4.69) is 10.0 Å². The number of carbonyl (C=O) groups is 1. The lowest BCUT2D eigenvalue weighted by Gasteiger charge is -2.02. The number of azide groups is 1. The molecule has 0 atom stereocenters. The molecule has 0 amide bonds. The van der Waals surface area contributed by atoms with Gasteiger partial charge in [-0.3, -0.25) is 4.79 Å². The van der Waals surface area contributed by atoms with Crippen molar-refractivity contribution < 1.29 is 4.79 Å². The van der Waals surface area contributed by atoms with E-state index in [-0.39, 0.29) is 0 Å². The lowest BCUT2D eigenvalue weighted by Crippen LogP contribution is -1.92. The van der Waals surface area contributed by atoms with Crippen molar-refractivity contribution in [2.75, 3.05) is 0 Å². The largest absolute Gasteiger partial charge is 0.276 e. The van der Waals surface area contributed by atoms with Crippen LogP contribution in [0.1, 0.15) is 15.9 Å². The molecule has 0 spiro atoms. The van der Waals surface area contributed by atoms with Gasteiger partial charge in [-0.15, -0.1) is 0 Å². The molecular weight excluding hydrogens is 190 g/mol. The molecule has 66 valence electrons. The fourth-order valence-corrected chi connectivity index (χ4v) is 1.20. The van der Waals surface area contributed by atoms with E-state index in [0.29, 0.717) is 16.8 Å². The van der Waals surface area contributed by atoms with Crippen molar-refractivity contribution in [3.8, 4) is 0 Å². The van der Waals surface area contributed by atoms with Gasteiger partial charge in [-0.1, -0.05) is 17.2 Å². The van der Waals surface area contributed by atoms with Crippen molar-refractivity contribution in [1.29, 1.82) is 0 Å². The van der Waals surface area contributed by atoms with Gasteiger partial charge in [-0.05, 0) is 35.7 Å². The molecule has 5 heteroatoms. The summed E-state index contributed by atoms with van der Waals surface area (Å²) in [6.45, 7) is 1.68. The molecule has 1 aromatic carbocycles. The van der Waals surface area contributed by atoms with Crippen molar-refractivity contribution in [2.45, 2.75) is 6.92 Å². The van der Waals surface area contributed by atoms with Crippen LogP contribution in [0.5, 0.6) is 0 Å². The Hall–Kier alpha value is -1.51. The topological polar surface area (TPSA) is 65.8 Å². The maximum atomic E-state index is 10.9. The second kappa shape index (κ2) is 3.94. The first-order chi connectivity index (χ1) is 6.16. The summed E-state index contributed by atoms with van der Waals surface area (Å²) in [5.74, 6) is 0. The molecule has 0 fully saturated rings. The van der Waals surface area contributed by atoms with Crippen LogP contribution in [0.15, 0.2) is 23.3 Å². The first-order valence-corrected chi connectivity index (χ1v) is 3.89. The van der Waals surface area contributed by atoms with E-state index in [1.807, 2.05) is 0 Å². The number of rotatable bonds is 2. The number of hydrogen-bond acceptors (Lipinski definition) is 2. The van der Waals surface area contributed by atoms with Crippen LogP contribution in [0.2, 0.25) is 0 Å². The highest BCUT2D eigenvalue weighted by atomic mass is 35.5. The van der Waals surface area contributed by atoms with E-state index < -0.39 is 5.24 Å². The van der Waals surface area contributed by atoms with Crippen molar-refractivity contribution in [1.82, 2.24) is 0 Å². The Balaban J connectivity index is 3.34. The summed E-state index contributed by atoms with van der Waals surface area (Å²) in [4.78, 5) is 13.5. The van der Waals surface area contributed by atoms with Crippen LogP contribution in [0.25, 0.3) is 10.4 Å². The smallest absolute Gasteiger partial charge is 0.252 e. The fourth-order valence-electron chi connectivity index (χ4n) is 0.993. The average molecular weight is 196 g/mol. The number of halogens is 1. The summed E-state index contributed by atoms with van der Waals surface area (Å²) < 4.78 is 0. The predicted octanol–water partition coefficient (Wildman–Crippen LogP) is 3.32. The van der Waals surface area contributed by atoms with Crippen LogP contribution in [-0.4, -0.2) is 5.24 Å². The molecule has 0 N–H and O–H groups in total. The van der Waals surface area contributed by atoms with Gasteiger partial charge in [-0.2, -0.15) is 0 Å². The highest BCUT2D eigenvalue weighted by molar-refractivity contribution is 6.68. The first-order valence-electron chi connectivity index (χ1n) is 3.51. The molecule has 13 heavy (non-hydrogen) atoms. The van der Waals surface area contributed by atoms with Crippen molar-refractivity contribution in [3.63, 3.8) is 0 Å². The standard InChI is InChI=1S/C8H6ClN3O/c1-5-6(8(9)13)3-2-4-7(5)11-12-10/h2-4H,1H3. The van der Waals surface area contributed by atoms with Crippen LogP contribution in [-0.2, 0) is 0 Å². The molecule has 0 bridgehead atoms. The van der Waals surface area contributed by atoms with Crippen LogP contribution >= 0.6 is 11.6 Å². The SMILES string of the molecule is Cc1c(N=[N+]=[N-])cccc1C(=O)Cl. The Bertz CT molecular complexity index is 376. The van der Waals surface area contributed by atoms with Gasteiger partial charge in [0.05, 0.1) is 0 Å². The highest BCUT2D eigenvalue weighted by Gasteiger charge is 2.07. The van der Waals surface area contributed by atoms with Gasteiger partial charge in [-0.25, -0.2) is 0 Å². The number of carbonyl (C=O) groups excluding carboxylic acids is 1. The van der Waals surface area contributed by atoms with Crippen molar-refractivity contribution >= 4 is 22.5 Å². The molecule has 1 aromatic rings. The molecule has 0 aliphatic carbocycles. The fraction of sp³-hybridized carbons (Fsp3) is 0.125. The monoisotopic (exact) mass is 195 g/mol. The van der Waals surface area contributed by atoms with Gasteiger partial charge in [0.1, 0.15) is 0 Å². The summed E-state index contributed by atoms with van der Waals surface area (Å²) in [6.07, 6.45) is 0. The normalized spacial score (nSPS) is 9.08. The third kappa shape index (κ3) is 1.99. The quantitative estimate of drug-likeness (QED) is 0.309. The maximum absolute atomic E-state index is 10.9. The molecule has 0 aliphatic rings. The molecule has 0 saturated heterocycles. The molecule has 0 radical (unpaired) electrons. The molecule has 0 heterocycles. The Kier molecular flexibility index (Phi) is 2.90. The minimum atomic E-state index is -0.549. The second-order valence-corrected chi connectivity index (χ2v) is 2.76. The summed E-state index contributed by atoms with van der Waals surface area (Å²) in [6, 6.07) is 4.83. The Morgan fingerprint density at radius 1 is 1.62 bits per heavy atom. The van der Waals surface area contributed by atoms with Gasteiger partial charge in [0.25, 0.3) is 5.24 Å². The van der Waals surface area contributed by atoms with Gasteiger partial charge in [0.2, 0.25) is 0 Å². The molecule has 0 unspecified atom stereocenters. The molecular formula is C8H6ClN3O. The zero-order valence-corrected chi connectivity index (χ0v) is 7.62. The van der Waals surface area contributed by atoms with E-state index in [4.69, 9.17) is 17.1 Å². The Labute approximate surface area is 79.8 Å². The van der Waals surface area contributed by atoms with E-state index >= 15 is 0 Å². The maximum Gasteiger partial charge on any atom is 0.252 e. The summed E-state index contributed by atoms with van der Waals surface area (Å²) in [7, 11) is 0. The van der Waals surface area contributed by atoms with Crippen LogP contribution in [0, 0.1) is 6.92 Å². The first kappa shape index (κ1) is 9.58. The molecule has 0 aliphatic heterocycles. The summed E-state index contributed by atoms with van der Waals surface area (Å²) in [5.41, 5.74) is 9.60. The number of benzene rings is 1. The minimum Gasteiger partial charge on any atom is -0.276 e. The summed E-state index contributed by atoms with van der Waals surface area (Å²) in [5, 5.41) is 2.87. The third-order valence-electron chi connectivity index (χ3n) is 1.67. The minimum absolute atomic E-state index is 0.367. The van der Waals surface area contributed by atoms with Gasteiger partial charge in [0, 0.05) is 16.2 Å². The van der Waals surface area contributed by atoms with Gasteiger partial charge in [0.15, 0.2) is 0 Å². The van der Waals surface area contributed by atoms with E-state index in [0.717, 1.165) is 0 Å². The zero-order chi connectivity index (χ0) is 9.84. The van der Waals surface area contributed by atoms with E-state index in [1.165, 1.54) is 0 Å². The van der Waals surface area contributed by atoms with Crippen LogP contribution < -0.4 is 0 Å². The molecule has 4 nitrogen and oxygen atoms in total. The summed E-state index contributed by atoms with van der Waals surface area (Å²) >= 11 is 5.31. The third-order valence-corrected chi connectivity index (χ3v) is 1.87. The van der Waals surface area contributed by atoms with E-state index in [9.17, 15) is 4.79 Å². The highest BCUT2D eigenvalue weighted by Crippen LogP contribution is 2.22. The zero-order valence-electron chi connectivity index (χ0n) is 6.86. The Morgan fingerprint density at radius 2 is 2.31 bits per heavy atom. The predicted molar refractivity (Wildman–Crippen MR) is 50.2 cm³/mol. The number of nitrogens with zero attached hydrogens (tertiary/aromatic N) is 3. The van der Waals surface area contributed by atoms with Crippen LogP contribution in [0.3, 0.4) is 0 Å². The lowest BCUT2D eigenvalue weighted by atomic mass is 10.1. The lowest BCUT2D eigenvalue weighted by molar-refractivity contribution is 0.108. The van der Waals surface area contributed by atoms with Crippen LogP contribution in [0.4, 0.5) is 5.69 Å². The van der Waals surface area contributed by atoms with E-state index in [1.54, 1.807) is 25.1 Å². The second-order valence-electron chi connectivity index (χ2n) is 2.41. The van der Waals surface area contributed by atoms with Gasteiger partial charge >= 0.3 is 0 Å².